The van der Waals surface area contributed by atoms with Crippen LogP contribution in [0.25, 0.3) is 0 Å². The Kier molecular flexibility index (Phi) is 8.73. The van der Waals surface area contributed by atoms with Gasteiger partial charge >= 0.3 is 0 Å². The number of likely N-dealkylation sites (N-methyl/N-ethyl adjacent to an activating group) is 1. The Morgan fingerprint density at radius 2 is 2.17 bits per heavy atom. The highest BCUT2D eigenvalue weighted by Crippen LogP contribution is 2.35. The second kappa shape index (κ2) is 10.8. The second-order valence-electron chi connectivity index (χ2n) is 7.60. The van der Waals surface area contributed by atoms with Crippen LogP contribution < -0.4 is 5.32 Å². The molecule has 0 aliphatic heterocycles. The van der Waals surface area contributed by atoms with E-state index in [1.54, 1.807) is 12.1 Å². The molecule has 1 amide bonds. The number of aliphatic hydroxyl groups is 2. The van der Waals surface area contributed by atoms with Crippen LogP contribution in [0.5, 0.6) is 0 Å². The number of halogens is 1. The summed E-state index contributed by atoms with van der Waals surface area (Å²) in [6.45, 7) is 4.76. The van der Waals surface area contributed by atoms with Crippen molar-refractivity contribution in [2.75, 3.05) is 33.8 Å². The van der Waals surface area contributed by atoms with E-state index < -0.39 is 35.6 Å². The van der Waals surface area contributed by atoms with E-state index >= 15 is 0 Å². The summed E-state index contributed by atoms with van der Waals surface area (Å²) in [7, 11) is 3.78. The average molecular weight is 410 g/mol. The van der Waals surface area contributed by atoms with Crippen molar-refractivity contribution in [1.29, 1.82) is 0 Å². The van der Waals surface area contributed by atoms with Gasteiger partial charge in [0, 0.05) is 25.9 Å². The number of hydrogen-bond acceptors (Lipinski definition) is 6. The molecule has 1 unspecified atom stereocenters. The van der Waals surface area contributed by atoms with Gasteiger partial charge in [-0.2, -0.15) is 0 Å². The molecule has 2 rings (SSSR count). The number of aliphatic hydroxyl groups excluding tert-OH is 2. The maximum absolute atomic E-state index is 13.5. The van der Waals surface area contributed by atoms with Crippen LogP contribution in [0, 0.1) is 5.82 Å². The maximum atomic E-state index is 13.5. The molecule has 3 N–H and O–H groups in total. The minimum Gasteiger partial charge on any atom is -0.390 e. The van der Waals surface area contributed by atoms with Gasteiger partial charge in [0.15, 0.2) is 5.60 Å². The van der Waals surface area contributed by atoms with Crippen molar-refractivity contribution in [2.24, 2.45) is 0 Å². The van der Waals surface area contributed by atoms with E-state index in [2.05, 4.69) is 11.9 Å². The molecule has 1 saturated carbocycles. The molecule has 7 nitrogen and oxygen atoms in total. The number of benzene rings is 1. The quantitative estimate of drug-likeness (QED) is 0.496. The van der Waals surface area contributed by atoms with E-state index in [9.17, 15) is 19.4 Å². The predicted molar refractivity (Wildman–Crippen MR) is 107 cm³/mol. The molecule has 1 aliphatic carbocycles. The van der Waals surface area contributed by atoms with Gasteiger partial charge in [0.2, 0.25) is 0 Å². The number of carbonyl (C=O) groups excluding carboxylic acids is 1. The zero-order chi connectivity index (χ0) is 21.4. The Bertz CT molecular complexity index is 687. The molecule has 1 aliphatic rings. The Morgan fingerprint density at radius 1 is 1.41 bits per heavy atom. The average Bonchev–Trinajstić information content (AvgIpc) is 2.67. The Morgan fingerprint density at radius 3 is 2.83 bits per heavy atom. The maximum Gasteiger partial charge on any atom is 0.252 e. The van der Waals surface area contributed by atoms with Crippen molar-refractivity contribution in [1.82, 2.24) is 10.2 Å². The number of rotatable bonds is 10. The number of nitrogens with one attached hydrogen (secondary N) is 1. The monoisotopic (exact) mass is 410 g/mol. The molecule has 0 spiro atoms. The van der Waals surface area contributed by atoms with Crippen LogP contribution in [0.15, 0.2) is 36.9 Å². The van der Waals surface area contributed by atoms with Crippen LogP contribution in [0.3, 0.4) is 0 Å². The minimum atomic E-state index is -1.41. The standard InChI is InChI=1S/C21H31FN2O5/c1-4-10-28-18-13-21(12-17(25)19(18)26,20(27)23-8-9-24(2)3)29-14-15-6-5-7-16(22)11-15/h4-7,11,17-19,25-26H,1,8-10,12-14H2,2-3H3,(H,23,27)/t17-,18?,19-,21+/m1/s1. The topological polar surface area (TPSA) is 91.3 Å². The van der Waals surface area contributed by atoms with Gasteiger partial charge in [0.25, 0.3) is 5.91 Å². The highest BCUT2D eigenvalue weighted by atomic mass is 19.1. The summed E-state index contributed by atoms with van der Waals surface area (Å²) in [4.78, 5) is 15.0. The number of carbonyl (C=O) groups is 1. The summed E-state index contributed by atoms with van der Waals surface area (Å²) in [6, 6.07) is 5.92. The zero-order valence-corrected chi connectivity index (χ0v) is 17.0. The molecule has 8 heteroatoms. The Labute approximate surface area is 171 Å². The molecule has 1 aromatic carbocycles. The molecule has 0 saturated heterocycles. The zero-order valence-electron chi connectivity index (χ0n) is 17.0. The number of ether oxygens (including phenoxy) is 2. The molecule has 0 radical (unpaired) electrons. The molecule has 162 valence electrons. The third-order valence-corrected chi connectivity index (χ3v) is 4.94. The van der Waals surface area contributed by atoms with Gasteiger partial charge in [-0.05, 0) is 31.8 Å². The highest BCUT2D eigenvalue weighted by molar-refractivity contribution is 5.85. The molecule has 0 bridgehead atoms. The van der Waals surface area contributed by atoms with E-state index in [1.165, 1.54) is 18.2 Å². The van der Waals surface area contributed by atoms with Crippen LogP contribution in [-0.4, -0.2) is 78.7 Å². The lowest BCUT2D eigenvalue weighted by atomic mass is 9.78. The van der Waals surface area contributed by atoms with E-state index in [4.69, 9.17) is 9.47 Å². The van der Waals surface area contributed by atoms with Gasteiger partial charge in [0.1, 0.15) is 11.9 Å². The van der Waals surface area contributed by atoms with Crippen molar-refractivity contribution >= 4 is 5.91 Å². The fourth-order valence-electron chi connectivity index (χ4n) is 3.36. The number of nitrogens with zero attached hydrogens (tertiary/aromatic N) is 1. The van der Waals surface area contributed by atoms with Crippen LogP contribution in [0.2, 0.25) is 0 Å². The van der Waals surface area contributed by atoms with Gasteiger partial charge in [-0.15, -0.1) is 6.58 Å². The van der Waals surface area contributed by atoms with Gasteiger partial charge in [0.05, 0.1) is 25.4 Å². The van der Waals surface area contributed by atoms with Gasteiger partial charge in [-0.25, -0.2) is 4.39 Å². The van der Waals surface area contributed by atoms with Gasteiger partial charge in [-0.3, -0.25) is 4.79 Å². The molecule has 4 atom stereocenters. The van der Waals surface area contributed by atoms with Crippen molar-refractivity contribution < 1.29 is 28.9 Å². The first-order valence-corrected chi connectivity index (χ1v) is 9.67. The Balaban J connectivity index is 2.20. The van der Waals surface area contributed by atoms with E-state index in [0.717, 1.165) is 0 Å². The minimum absolute atomic E-state index is 0.0180. The Hall–Kier alpha value is -1.84. The lowest BCUT2D eigenvalue weighted by Crippen LogP contribution is -2.61. The third kappa shape index (κ3) is 6.58. The first-order valence-electron chi connectivity index (χ1n) is 9.67. The van der Waals surface area contributed by atoms with Crippen molar-refractivity contribution in [3.05, 3.63) is 48.3 Å². The van der Waals surface area contributed by atoms with E-state index in [0.29, 0.717) is 18.7 Å². The summed E-state index contributed by atoms with van der Waals surface area (Å²) < 4.78 is 25.1. The lowest BCUT2D eigenvalue weighted by Gasteiger charge is -2.43. The van der Waals surface area contributed by atoms with E-state index in [-0.39, 0.29) is 26.1 Å². The molecular formula is C21H31FN2O5. The van der Waals surface area contributed by atoms with Crippen LogP contribution >= 0.6 is 0 Å². The van der Waals surface area contributed by atoms with Crippen LogP contribution in [0.4, 0.5) is 4.39 Å². The first kappa shape index (κ1) is 23.4. The summed E-state index contributed by atoms with van der Waals surface area (Å²) in [5, 5.41) is 23.5. The lowest BCUT2D eigenvalue weighted by molar-refractivity contribution is -0.196. The molecule has 0 heterocycles. The molecule has 29 heavy (non-hydrogen) atoms. The van der Waals surface area contributed by atoms with E-state index in [1.807, 2.05) is 19.0 Å². The molecule has 0 aromatic heterocycles. The largest absolute Gasteiger partial charge is 0.390 e. The smallest absolute Gasteiger partial charge is 0.252 e. The van der Waals surface area contributed by atoms with Crippen LogP contribution in [0.1, 0.15) is 18.4 Å². The summed E-state index contributed by atoms with van der Waals surface area (Å²) in [6.07, 6.45) is -1.65. The second-order valence-corrected chi connectivity index (χ2v) is 7.60. The van der Waals surface area contributed by atoms with Gasteiger partial charge in [-0.1, -0.05) is 18.2 Å². The van der Waals surface area contributed by atoms with Crippen molar-refractivity contribution in [3.63, 3.8) is 0 Å². The summed E-state index contributed by atoms with van der Waals surface area (Å²) in [5.41, 5.74) is -0.849. The molecule has 1 aromatic rings. The summed E-state index contributed by atoms with van der Waals surface area (Å²) >= 11 is 0. The number of amides is 1. The molecular weight excluding hydrogens is 379 g/mol. The van der Waals surface area contributed by atoms with Gasteiger partial charge < -0.3 is 29.9 Å². The SMILES string of the molecule is C=CCOC1C[C@](OCc2cccc(F)c2)(C(=O)NCCN(C)C)C[C@@H](O)[C@H]1O. The van der Waals surface area contributed by atoms with Crippen LogP contribution in [-0.2, 0) is 20.9 Å². The fourth-order valence-corrected chi connectivity index (χ4v) is 3.36. The van der Waals surface area contributed by atoms with Crippen molar-refractivity contribution in [2.45, 2.75) is 43.4 Å². The number of hydrogen-bond donors (Lipinski definition) is 3. The first-order chi connectivity index (χ1) is 13.8. The summed E-state index contributed by atoms with van der Waals surface area (Å²) in [5.74, 6) is -0.796. The fraction of sp³-hybridized carbons (Fsp3) is 0.571. The highest BCUT2D eigenvalue weighted by Gasteiger charge is 2.51. The predicted octanol–water partition coefficient (Wildman–Crippen LogP) is 0.846. The molecule has 1 fully saturated rings. The normalized spacial score (nSPS) is 27.0. The van der Waals surface area contributed by atoms with Crippen molar-refractivity contribution in [3.8, 4) is 0 Å². The third-order valence-electron chi connectivity index (χ3n) is 4.94.